The molecule has 19 nitrogen and oxygen atoms in total. The Morgan fingerprint density at radius 1 is 0.516 bits per heavy atom. The third kappa shape index (κ3) is 11.3. The van der Waals surface area contributed by atoms with Crippen molar-refractivity contribution in [2.24, 2.45) is 0 Å². The first-order chi connectivity index (χ1) is 30.0. The molecular formula is C44H53LiN6O13. The minimum Gasteiger partial charge on any atom is -0.870 e. The molecule has 0 radical (unpaired) electrons. The van der Waals surface area contributed by atoms with Crippen LogP contribution in [0.2, 0.25) is 0 Å². The van der Waals surface area contributed by atoms with Crippen molar-refractivity contribution in [3.05, 3.63) is 108 Å². The summed E-state index contributed by atoms with van der Waals surface area (Å²) in [7, 11) is 0. The number of ether oxygens (including phenoxy) is 1. The first-order valence-electron chi connectivity index (χ1n) is 21.0. The number of esters is 1. The normalized spacial score (nSPS) is 23.9. The molecular weight excluding hydrogens is 827 g/mol. The molecule has 6 amide bonds. The number of carbonyl (C=O) groups excluding carboxylic acids is 4. The van der Waals surface area contributed by atoms with Crippen molar-refractivity contribution in [1.29, 1.82) is 0 Å². The Morgan fingerprint density at radius 2 is 0.812 bits per heavy atom. The maximum atomic E-state index is 12.4. The first-order valence-corrected chi connectivity index (χ1v) is 21.0. The van der Waals surface area contributed by atoms with E-state index in [2.05, 4.69) is 0 Å². The van der Waals surface area contributed by atoms with Crippen LogP contribution in [0.25, 0.3) is 0 Å². The Morgan fingerprint density at radius 3 is 1.11 bits per heavy atom. The third-order valence-corrected chi connectivity index (χ3v) is 11.7. The average Bonchev–Trinajstić information content (AvgIpc) is 3.78. The van der Waals surface area contributed by atoms with E-state index in [1.807, 2.05) is 91.0 Å². The van der Waals surface area contributed by atoms with Crippen molar-refractivity contribution >= 4 is 36.0 Å². The molecule has 3 aromatic rings. The number of hydrogen-bond acceptors (Lipinski definition) is 11. The predicted molar refractivity (Wildman–Crippen MR) is 220 cm³/mol. The van der Waals surface area contributed by atoms with Crippen molar-refractivity contribution in [3.8, 4) is 0 Å². The molecule has 64 heavy (non-hydrogen) atoms. The predicted octanol–water partition coefficient (Wildman–Crippen LogP) is 1.72. The van der Waals surface area contributed by atoms with Crippen molar-refractivity contribution in [3.63, 3.8) is 0 Å². The van der Waals surface area contributed by atoms with Gasteiger partial charge in [-0.1, -0.05) is 91.0 Å². The number of nitrogens with zero attached hydrogens (tertiary/aromatic N) is 6. The minimum atomic E-state index is -0.943. The van der Waals surface area contributed by atoms with Crippen LogP contribution in [0.5, 0.6) is 0 Å². The van der Waals surface area contributed by atoms with Gasteiger partial charge in [-0.05, 0) is 62.1 Å². The molecule has 6 aliphatic heterocycles. The fourth-order valence-corrected chi connectivity index (χ4v) is 8.55. The van der Waals surface area contributed by atoms with Crippen LogP contribution in [0.3, 0.4) is 0 Å². The number of rotatable bonds is 13. The summed E-state index contributed by atoms with van der Waals surface area (Å²) < 4.78 is 5.05. The van der Waals surface area contributed by atoms with E-state index in [9.17, 15) is 28.8 Å². The molecule has 6 aliphatic rings. The molecule has 6 saturated heterocycles. The van der Waals surface area contributed by atoms with Crippen molar-refractivity contribution in [1.82, 2.24) is 29.9 Å². The fraction of sp³-hybridized carbons (Fsp3) is 0.455. The summed E-state index contributed by atoms with van der Waals surface area (Å²) in [6, 6.07) is 26.0. The van der Waals surface area contributed by atoms with Gasteiger partial charge in [-0.3, -0.25) is 14.5 Å². The van der Waals surface area contributed by atoms with E-state index in [1.54, 1.807) is 11.8 Å². The van der Waals surface area contributed by atoms with E-state index in [0.717, 1.165) is 23.1 Å². The second kappa shape index (κ2) is 22.8. The minimum absolute atomic E-state index is 0. The number of hydrogen-bond donors (Lipinski definition) is 2. The van der Waals surface area contributed by atoms with Gasteiger partial charge in [-0.15, -0.1) is 0 Å². The molecule has 0 aromatic heterocycles. The monoisotopic (exact) mass is 880 g/mol. The second-order valence-electron chi connectivity index (χ2n) is 15.7. The second-order valence-corrected chi connectivity index (χ2v) is 15.7. The van der Waals surface area contributed by atoms with Crippen LogP contribution in [-0.4, -0.2) is 144 Å². The van der Waals surface area contributed by atoms with Gasteiger partial charge >= 0.3 is 54.9 Å². The van der Waals surface area contributed by atoms with Gasteiger partial charge < -0.3 is 35.1 Å². The SMILES string of the molecule is CCOC(=O)[C@@H]1CC[C@@H]2CN1C(=O)N2OCc1ccccc1.O=C(O)[C@@H]1CC[C@@H]2CN1C(=O)N2OCc1ccccc1.O=C(O)[C@@H]1CC[C@@H]2CN1C(=O)N2OCc1ccccc1.[Li+].[OH-]. The number of hydroxylamine groups is 6. The summed E-state index contributed by atoms with van der Waals surface area (Å²) >= 11 is 0. The topological polar surface area (TPSA) is 229 Å². The third-order valence-electron chi connectivity index (χ3n) is 11.7. The van der Waals surface area contributed by atoms with Gasteiger partial charge in [0.25, 0.3) is 0 Å². The van der Waals surface area contributed by atoms with Crippen LogP contribution >= 0.6 is 0 Å². The zero-order chi connectivity index (χ0) is 43.8. The van der Waals surface area contributed by atoms with Gasteiger partial charge in [0.1, 0.15) is 37.9 Å². The largest absolute Gasteiger partial charge is 1.00 e. The number of benzene rings is 3. The van der Waals surface area contributed by atoms with E-state index >= 15 is 0 Å². The summed E-state index contributed by atoms with van der Waals surface area (Å²) in [6.45, 7) is 4.47. The molecule has 3 aromatic carbocycles. The Labute approximate surface area is 382 Å². The van der Waals surface area contributed by atoms with Crippen molar-refractivity contribution in [2.75, 3.05) is 26.2 Å². The average molecular weight is 881 g/mol. The summed E-state index contributed by atoms with van der Waals surface area (Å²) in [4.78, 5) is 92.2. The van der Waals surface area contributed by atoms with Gasteiger partial charge in [0.05, 0.1) is 24.7 Å². The molecule has 6 fully saturated rings. The zero-order valence-electron chi connectivity index (χ0n) is 35.9. The van der Waals surface area contributed by atoms with Crippen LogP contribution < -0.4 is 18.9 Å². The van der Waals surface area contributed by atoms with E-state index in [-0.39, 0.29) is 66.5 Å². The van der Waals surface area contributed by atoms with Gasteiger partial charge in [-0.25, -0.2) is 28.8 Å². The smallest absolute Gasteiger partial charge is 0.870 e. The molecule has 0 aliphatic carbocycles. The summed E-state index contributed by atoms with van der Waals surface area (Å²) in [6.07, 6.45) is 3.66. The van der Waals surface area contributed by atoms with E-state index in [0.29, 0.717) is 78.2 Å². The van der Waals surface area contributed by atoms with E-state index in [4.69, 9.17) is 29.5 Å². The Hall–Kier alpha value is -5.68. The van der Waals surface area contributed by atoms with Crippen LogP contribution in [0.1, 0.15) is 62.1 Å². The van der Waals surface area contributed by atoms with Crippen molar-refractivity contribution < 1.29 is 82.6 Å². The molecule has 6 atom stereocenters. The fourth-order valence-electron chi connectivity index (χ4n) is 8.55. The van der Waals surface area contributed by atoms with Crippen LogP contribution in [0, 0.1) is 0 Å². The maximum absolute atomic E-state index is 12.4. The molecule has 20 heteroatoms. The Balaban J connectivity index is 0.000000178. The number of aliphatic carboxylic acids is 2. The van der Waals surface area contributed by atoms with Crippen LogP contribution in [0.15, 0.2) is 91.0 Å². The van der Waals surface area contributed by atoms with E-state index in [1.165, 1.54) is 25.0 Å². The molecule has 3 N–H and O–H groups in total. The summed E-state index contributed by atoms with van der Waals surface area (Å²) in [5.41, 5.74) is 2.96. The maximum Gasteiger partial charge on any atom is 1.00 e. The molecule has 0 saturated carbocycles. The molecule has 9 rings (SSSR count). The van der Waals surface area contributed by atoms with Crippen LogP contribution in [0.4, 0.5) is 14.4 Å². The number of carboxylic acid groups (broad SMARTS) is 2. The first kappa shape index (κ1) is 49.3. The number of amides is 6. The van der Waals surface area contributed by atoms with Crippen molar-refractivity contribution in [2.45, 2.75) is 102 Å². The van der Waals surface area contributed by atoms with Crippen LogP contribution in [-0.2, 0) is 53.5 Å². The Kier molecular flexibility index (Phi) is 17.6. The van der Waals surface area contributed by atoms with Gasteiger partial charge in [-0.2, -0.15) is 15.2 Å². The van der Waals surface area contributed by atoms with E-state index < -0.39 is 30.1 Å². The molecule has 6 bridgehead atoms. The molecule has 338 valence electrons. The summed E-state index contributed by atoms with van der Waals surface area (Å²) in [5, 5.41) is 22.3. The number of carbonyl (C=O) groups is 6. The molecule has 0 spiro atoms. The zero-order valence-corrected chi connectivity index (χ0v) is 35.9. The number of urea groups is 3. The molecule has 6 heterocycles. The number of fused-ring (bicyclic) bond motifs is 6. The quantitative estimate of drug-likeness (QED) is 0.184. The van der Waals surface area contributed by atoms with Gasteiger partial charge in [0.15, 0.2) is 0 Å². The Bertz CT molecular complexity index is 1960. The van der Waals surface area contributed by atoms with Gasteiger partial charge in [0.2, 0.25) is 0 Å². The molecule has 0 unspecified atom stereocenters. The number of carboxylic acids is 2. The number of piperidine rings is 3. The van der Waals surface area contributed by atoms with Gasteiger partial charge in [0, 0.05) is 19.6 Å². The summed E-state index contributed by atoms with van der Waals surface area (Å²) in [5.74, 6) is -2.21. The standard InChI is InChI=1S/C16H20N2O4.2C14H16N2O4.Li.H2O/c1-2-21-15(19)14-9-8-13-10-17(14)16(20)18(13)22-11-12-6-4-3-5-7-12;2*17-13(18)12-7-6-11-8-15(12)14(19)16(11)20-9-10-4-2-1-3-5-10;;/h3-7,13-14H,2,8-11H2,1H3;2*1-5,11-12H,6-9H2,(H,17,18);;1H2/q;;;+1;/p-1/t13-,14+;2*11-,12+;;/m111../s1.